The summed E-state index contributed by atoms with van der Waals surface area (Å²) in [6, 6.07) is 25.6. The lowest BCUT2D eigenvalue weighted by Crippen LogP contribution is -2.15. The smallest absolute Gasteiger partial charge is 0.339 e. The van der Waals surface area contributed by atoms with Crippen LogP contribution in [0.5, 0.6) is 5.75 Å². The third-order valence-electron chi connectivity index (χ3n) is 6.04. The molecular weight excluding hydrogens is 410 g/mol. The minimum atomic E-state index is -0.292. The molecule has 0 radical (unpaired) electrons. The van der Waals surface area contributed by atoms with Crippen molar-refractivity contribution in [1.29, 1.82) is 0 Å². The molecule has 33 heavy (non-hydrogen) atoms. The van der Waals surface area contributed by atoms with Crippen LogP contribution in [0.3, 0.4) is 0 Å². The maximum absolute atomic E-state index is 13.4. The van der Waals surface area contributed by atoms with E-state index in [9.17, 15) is 4.79 Å². The van der Waals surface area contributed by atoms with Gasteiger partial charge in [-0.3, -0.25) is 0 Å². The van der Waals surface area contributed by atoms with Gasteiger partial charge in [0.15, 0.2) is 0 Å². The molecule has 0 aliphatic heterocycles. The zero-order chi connectivity index (χ0) is 22.6. The predicted octanol–water partition coefficient (Wildman–Crippen LogP) is 6.48. The van der Waals surface area contributed by atoms with E-state index in [0.717, 1.165) is 63.9 Å². The maximum Gasteiger partial charge on any atom is 0.339 e. The van der Waals surface area contributed by atoms with E-state index in [1.807, 2.05) is 78.9 Å². The number of pyridine rings is 1. The van der Waals surface area contributed by atoms with Crippen molar-refractivity contribution in [3.05, 3.63) is 107 Å². The van der Waals surface area contributed by atoms with Gasteiger partial charge in [-0.2, -0.15) is 0 Å². The summed E-state index contributed by atoms with van der Waals surface area (Å²) < 4.78 is 11.0. The molecular formula is C29H25NO3. The highest BCUT2D eigenvalue weighted by atomic mass is 16.5. The Morgan fingerprint density at radius 3 is 2.48 bits per heavy atom. The first-order valence-electron chi connectivity index (χ1n) is 11.2. The van der Waals surface area contributed by atoms with Crippen LogP contribution in [0.25, 0.3) is 22.6 Å². The van der Waals surface area contributed by atoms with Crippen molar-refractivity contribution in [3.63, 3.8) is 0 Å². The van der Waals surface area contributed by atoms with Crippen LogP contribution in [-0.4, -0.2) is 18.1 Å². The number of para-hydroxylation sites is 1. The minimum absolute atomic E-state index is 0.250. The summed E-state index contributed by atoms with van der Waals surface area (Å²) in [5, 5.41) is 0.847. The monoisotopic (exact) mass is 435 g/mol. The summed E-state index contributed by atoms with van der Waals surface area (Å²) in [5.41, 5.74) is 6.54. The molecule has 0 atom stereocenters. The quantitative estimate of drug-likeness (QED) is 0.337. The van der Waals surface area contributed by atoms with Gasteiger partial charge in [0.1, 0.15) is 12.4 Å². The molecule has 0 spiro atoms. The number of nitrogens with zero attached hydrogens (tertiary/aromatic N) is 1. The first-order valence-corrected chi connectivity index (χ1v) is 11.2. The van der Waals surface area contributed by atoms with Crippen LogP contribution in [0.15, 0.2) is 78.9 Å². The largest absolute Gasteiger partial charge is 0.497 e. The lowest BCUT2D eigenvalue weighted by atomic mass is 9.86. The number of methoxy groups -OCH3 is 1. The van der Waals surface area contributed by atoms with Crippen LogP contribution in [0.2, 0.25) is 0 Å². The minimum Gasteiger partial charge on any atom is -0.497 e. The van der Waals surface area contributed by atoms with Gasteiger partial charge in [-0.1, -0.05) is 60.7 Å². The van der Waals surface area contributed by atoms with E-state index in [2.05, 4.69) is 6.08 Å². The molecule has 164 valence electrons. The molecule has 0 amide bonds. The molecule has 0 fully saturated rings. The van der Waals surface area contributed by atoms with Crippen molar-refractivity contribution in [3.8, 4) is 5.75 Å². The average Bonchev–Trinajstić information content (AvgIpc) is 2.87. The molecule has 0 unspecified atom stereocenters. The van der Waals surface area contributed by atoms with Crippen LogP contribution in [-0.2, 0) is 17.8 Å². The van der Waals surface area contributed by atoms with E-state index in [-0.39, 0.29) is 12.6 Å². The van der Waals surface area contributed by atoms with E-state index < -0.39 is 0 Å². The van der Waals surface area contributed by atoms with E-state index >= 15 is 0 Å². The van der Waals surface area contributed by atoms with Crippen molar-refractivity contribution in [2.45, 2.75) is 25.9 Å². The van der Waals surface area contributed by atoms with Gasteiger partial charge < -0.3 is 9.47 Å². The molecule has 5 rings (SSSR count). The van der Waals surface area contributed by atoms with E-state index in [4.69, 9.17) is 14.5 Å². The maximum atomic E-state index is 13.4. The summed E-state index contributed by atoms with van der Waals surface area (Å²) in [6.45, 7) is 0.250. The van der Waals surface area contributed by atoms with Gasteiger partial charge >= 0.3 is 5.97 Å². The Kier molecular flexibility index (Phi) is 5.90. The second-order valence-corrected chi connectivity index (χ2v) is 8.19. The second-order valence-electron chi connectivity index (χ2n) is 8.19. The number of carbonyl (C=O) groups excluding carboxylic acids is 1. The highest BCUT2D eigenvalue weighted by Crippen LogP contribution is 2.36. The standard InChI is InChI=1S/C29H25NO3/c1-32-23-16-14-20(15-17-23)18-22-10-7-12-25-27(24-11-5-6-13-26(24)30-28(22)25)29(31)33-19-21-8-3-2-4-9-21/h2-6,8-9,11,13-18H,7,10,12,19H2,1H3/b22-18-. The van der Waals surface area contributed by atoms with Crippen molar-refractivity contribution in [2.24, 2.45) is 0 Å². The Labute approximate surface area is 193 Å². The number of hydrogen-bond donors (Lipinski definition) is 0. The Morgan fingerprint density at radius 2 is 1.70 bits per heavy atom. The number of allylic oxidation sites excluding steroid dienone is 1. The number of hydrogen-bond acceptors (Lipinski definition) is 4. The van der Waals surface area contributed by atoms with Gasteiger partial charge in [0.25, 0.3) is 0 Å². The lowest BCUT2D eigenvalue weighted by molar-refractivity contribution is 0.0473. The zero-order valence-electron chi connectivity index (χ0n) is 18.6. The normalized spacial score (nSPS) is 14.2. The first kappa shape index (κ1) is 21.0. The Balaban J connectivity index is 1.56. The molecule has 4 aromatic rings. The van der Waals surface area contributed by atoms with Crippen LogP contribution in [0.4, 0.5) is 0 Å². The summed E-state index contributed by atoms with van der Waals surface area (Å²) in [4.78, 5) is 18.3. The fraction of sp³-hybridized carbons (Fsp3) is 0.172. The average molecular weight is 436 g/mol. The Hall–Kier alpha value is -3.92. The lowest BCUT2D eigenvalue weighted by Gasteiger charge is -2.22. The second kappa shape index (κ2) is 9.29. The van der Waals surface area contributed by atoms with Crippen molar-refractivity contribution >= 4 is 28.5 Å². The molecule has 3 aromatic carbocycles. The predicted molar refractivity (Wildman–Crippen MR) is 131 cm³/mol. The Bertz CT molecular complexity index is 1320. The van der Waals surface area contributed by atoms with Gasteiger partial charge in [0.2, 0.25) is 0 Å². The van der Waals surface area contributed by atoms with Gasteiger partial charge in [0, 0.05) is 5.39 Å². The summed E-state index contributed by atoms with van der Waals surface area (Å²) in [7, 11) is 1.66. The van der Waals surface area contributed by atoms with Gasteiger partial charge in [-0.15, -0.1) is 0 Å². The number of rotatable bonds is 5. The van der Waals surface area contributed by atoms with Crippen molar-refractivity contribution in [2.75, 3.05) is 7.11 Å². The number of fused-ring (bicyclic) bond motifs is 2. The Morgan fingerprint density at radius 1 is 0.939 bits per heavy atom. The fourth-order valence-electron chi connectivity index (χ4n) is 4.40. The van der Waals surface area contributed by atoms with Gasteiger partial charge in [0.05, 0.1) is 23.9 Å². The molecule has 0 bridgehead atoms. The molecule has 1 aliphatic rings. The number of aromatic nitrogens is 1. The summed E-state index contributed by atoms with van der Waals surface area (Å²) in [5.74, 6) is 0.535. The first-order chi connectivity index (χ1) is 16.2. The SMILES string of the molecule is COc1ccc(/C=C2/CCCc3c2nc2ccccc2c3C(=O)OCc2ccccc2)cc1. The van der Waals surface area contributed by atoms with Crippen molar-refractivity contribution < 1.29 is 14.3 Å². The molecule has 0 saturated carbocycles. The summed E-state index contributed by atoms with van der Waals surface area (Å²) in [6.07, 6.45) is 4.86. The molecule has 4 nitrogen and oxygen atoms in total. The topological polar surface area (TPSA) is 48.4 Å². The van der Waals surface area contributed by atoms with Crippen LogP contribution in [0, 0.1) is 0 Å². The van der Waals surface area contributed by atoms with E-state index in [1.165, 1.54) is 0 Å². The highest BCUT2D eigenvalue weighted by Gasteiger charge is 2.26. The van der Waals surface area contributed by atoms with E-state index in [0.29, 0.717) is 5.56 Å². The molecule has 1 aromatic heterocycles. The molecule has 1 aliphatic carbocycles. The van der Waals surface area contributed by atoms with Gasteiger partial charge in [-0.05, 0) is 65.8 Å². The molecule has 0 N–H and O–H groups in total. The van der Waals surface area contributed by atoms with Crippen LogP contribution >= 0.6 is 0 Å². The number of ether oxygens (including phenoxy) is 2. The third kappa shape index (κ3) is 4.37. The molecule has 4 heteroatoms. The van der Waals surface area contributed by atoms with Gasteiger partial charge in [-0.25, -0.2) is 9.78 Å². The van der Waals surface area contributed by atoms with Crippen molar-refractivity contribution in [1.82, 2.24) is 4.98 Å². The molecule has 0 saturated heterocycles. The highest BCUT2D eigenvalue weighted by molar-refractivity contribution is 6.06. The van der Waals surface area contributed by atoms with Crippen LogP contribution in [0.1, 0.15) is 45.6 Å². The zero-order valence-corrected chi connectivity index (χ0v) is 18.6. The molecule has 1 heterocycles. The fourth-order valence-corrected chi connectivity index (χ4v) is 4.40. The number of carbonyl (C=O) groups is 1. The summed E-state index contributed by atoms with van der Waals surface area (Å²) >= 11 is 0. The number of benzene rings is 3. The van der Waals surface area contributed by atoms with Crippen LogP contribution < -0.4 is 4.74 Å². The van der Waals surface area contributed by atoms with E-state index in [1.54, 1.807) is 7.11 Å². The third-order valence-corrected chi connectivity index (χ3v) is 6.04. The number of esters is 1.